The molecule has 0 radical (unpaired) electrons. The van der Waals surface area contributed by atoms with Gasteiger partial charge in [0.25, 0.3) is 5.91 Å². The highest BCUT2D eigenvalue weighted by Crippen LogP contribution is 2.20. The Labute approximate surface area is 123 Å². The summed E-state index contributed by atoms with van der Waals surface area (Å²) in [5, 5.41) is 7.63. The van der Waals surface area contributed by atoms with Crippen LogP contribution in [-0.4, -0.2) is 33.6 Å². The van der Waals surface area contributed by atoms with Crippen LogP contribution in [-0.2, 0) is 14.8 Å². The summed E-state index contributed by atoms with van der Waals surface area (Å²) in [5.74, 6) is -1.42. The molecule has 0 aromatic heterocycles. The molecule has 118 valence electrons. The Bertz CT molecular complexity index is 631. The molecular formula is C13H19FN2O4S. The first-order valence-corrected chi connectivity index (χ1v) is 7.93. The minimum atomic E-state index is -4.10. The minimum Gasteiger partial charge on any atom is -0.380 e. The van der Waals surface area contributed by atoms with Gasteiger partial charge in [-0.25, -0.2) is 17.9 Å². The van der Waals surface area contributed by atoms with Crippen molar-refractivity contribution in [3.8, 4) is 0 Å². The van der Waals surface area contributed by atoms with Gasteiger partial charge in [-0.3, -0.25) is 4.79 Å². The van der Waals surface area contributed by atoms with Crippen LogP contribution < -0.4 is 10.5 Å². The second-order valence-corrected chi connectivity index (χ2v) is 6.19. The molecule has 21 heavy (non-hydrogen) atoms. The van der Waals surface area contributed by atoms with Crippen LogP contribution in [0.25, 0.3) is 0 Å². The van der Waals surface area contributed by atoms with Crippen LogP contribution >= 0.6 is 0 Å². The standard InChI is InChI=1S/C13H19FN2O4S/c1-4-20-7-8(2)16-13(17)11-5-10(14)6-12(9(11)3)21(15,18)19/h5-6,8H,4,7H2,1-3H3,(H,16,17)(H2,15,18,19). The quantitative estimate of drug-likeness (QED) is 0.815. The molecule has 0 heterocycles. The zero-order chi connectivity index (χ0) is 16.2. The average Bonchev–Trinajstić information content (AvgIpc) is 2.37. The van der Waals surface area contributed by atoms with E-state index < -0.39 is 26.6 Å². The van der Waals surface area contributed by atoms with Gasteiger partial charge < -0.3 is 10.1 Å². The predicted molar refractivity (Wildman–Crippen MR) is 75.9 cm³/mol. The average molecular weight is 318 g/mol. The molecule has 0 fully saturated rings. The zero-order valence-corrected chi connectivity index (χ0v) is 13.0. The highest BCUT2D eigenvalue weighted by atomic mass is 32.2. The summed E-state index contributed by atoms with van der Waals surface area (Å²) in [6.07, 6.45) is 0. The van der Waals surface area contributed by atoms with Crippen molar-refractivity contribution in [2.45, 2.75) is 31.7 Å². The summed E-state index contributed by atoms with van der Waals surface area (Å²) < 4.78 is 41.5. The monoisotopic (exact) mass is 318 g/mol. The third-order valence-electron chi connectivity index (χ3n) is 2.83. The lowest BCUT2D eigenvalue weighted by Crippen LogP contribution is -2.36. The zero-order valence-electron chi connectivity index (χ0n) is 12.1. The Balaban J connectivity index is 3.08. The highest BCUT2D eigenvalue weighted by Gasteiger charge is 2.21. The van der Waals surface area contributed by atoms with Crippen molar-refractivity contribution in [3.05, 3.63) is 29.1 Å². The molecule has 0 saturated heterocycles. The van der Waals surface area contributed by atoms with E-state index in [1.165, 1.54) is 6.92 Å². The maximum atomic E-state index is 13.5. The summed E-state index contributed by atoms with van der Waals surface area (Å²) in [7, 11) is -4.10. The van der Waals surface area contributed by atoms with Gasteiger partial charge in [-0.1, -0.05) is 0 Å². The van der Waals surface area contributed by atoms with Crippen molar-refractivity contribution in [1.82, 2.24) is 5.32 Å². The third-order valence-corrected chi connectivity index (χ3v) is 3.86. The number of sulfonamides is 1. The summed E-state index contributed by atoms with van der Waals surface area (Å²) in [6.45, 7) is 5.77. The van der Waals surface area contributed by atoms with Crippen LogP contribution in [0.15, 0.2) is 17.0 Å². The number of nitrogens with one attached hydrogen (secondary N) is 1. The Morgan fingerprint density at radius 2 is 2.10 bits per heavy atom. The van der Waals surface area contributed by atoms with Gasteiger partial charge in [0.2, 0.25) is 10.0 Å². The second-order valence-electron chi connectivity index (χ2n) is 4.66. The summed E-state index contributed by atoms with van der Waals surface area (Å²) in [5.41, 5.74) is 0.0439. The number of benzene rings is 1. The SMILES string of the molecule is CCOCC(C)NC(=O)c1cc(F)cc(S(N)(=O)=O)c1C. The number of hydrogen-bond acceptors (Lipinski definition) is 4. The second kappa shape index (κ2) is 6.97. The van der Waals surface area contributed by atoms with E-state index >= 15 is 0 Å². The lowest BCUT2D eigenvalue weighted by atomic mass is 10.1. The molecule has 1 rings (SSSR count). The van der Waals surface area contributed by atoms with E-state index in [-0.39, 0.29) is 17.2 Å². The minimum absolute atomic E-state index is 0.0672. The van der Waals surface area contributed by atoms with E-state index in [0.717, 1.165) is 12.1 Å². The number of halogens is 1. The molecular weight excluding hydrogens is 299 g/mol. The van der Waals surface area contributed by atoms with E-state index in [1.807, 2.05) is 6.92 Å². The number of primary sulfonamides is 1. The Morgan fingerprint density at radius 1 is 1.48 bits per heavy atom. The number of carbonyl (C=O) groups excluding carboxylic acids is 1. The van der Waals surface area contributed by atoms with Gasteiger partial charge in [0.15, 0.2) is 0 Å². The van der Waals surface area contributed by atoms with Gasteiger partial charge in [0, 0.05) is 18.2 Å². The normalized spacial score (nSPS) is 13.0. The van der Waals surface area contributed by atoms with Gasteiger partial charge in [-0.05, 0) is 38.5 Å². The molecule has 0 aliphatic heterocycles. The van der Waals surface area contributed by atoms with Crippen molar-refractivity contribution in [1.29, 1.82) is 0 Å². The molecule has 0 saturated carbocycles. The number of nitrogens with two attached hydrogens (primary N) is 1. The van der Waals surface area contributed by atoms with Crippen LogP contribution in [0.1, 0.15) is 29.8 Å². The van der Waals surface area contributed by atoms with Gasteiger partial charge >= 0.3 is 0 Å². The van der Waals surface area contributed by atoms with Crippen LogP contribution in [0.3, 0.4) is 0 Å². The lowest BCUT2D eigenvalue weighted by molar-refractivity contribution is 0.0870. The third kappa shape index (κ3) is 4.76. The summed E-state index contributed by atoms with van der Waals surface area (Å²) in [4.78, 5) is 11.7. The van der Waals surface area contributed by atoms with Crippen LogP contribution in [0.5, 0.6) is 0 Å². The molecule has 0 bridgehead atoms. The van der Waals surface area contributed by atoms with Gasteiger partial charge in [0.05, 0.1) is 11.5 Å². The Hall–Kier alpha value is -1.51. The maximum Gasteiger partial charge on any atom is 0.251 e. The molecule has 1 amide bonds. The molecule has 8 heteroatoms. The lowest BCUT2D eigenvalue weighted by Gasteiger charge is -2.15. The van der Waals surface area contributed by atoms with Crippen molar-refractivity contribution < 1.29 is 22.3 Å². The van der Waals surface area contributed by atoms with Crippen LogP contribution in [0.4, 0.5) is 4.39 Å². The molecule has 0 spiro atoms. The molecule has 1 aromatic rings. The first kappa shape index (κ1) is 17.5. The highest BCUT2D eigenvalue weighted by molar-refractivity contribution is 7.89. The van der Waals surface area contributed by atoms with E-state index in [0.29, 0.717) is 13.2 Å². The van der Waals surface area contributed by atoms with Gasteiger partial charge in [-0.2, -0.15) is 0 Å². The first-order chi connectivity index (χ1) is 9.66. The first-order valence-electron chi connectivity index (χ1n) is 6.38. The fraction of sp³-hybridized carbons (Fsp3) is 0.462. The number of rotatable bonds is 6. The van der Waals surface area contributed by atoms with Gasteiger partial charge in [-0.15, -0.1) is 0 Å². The number of carbonyl (C=O) groups is 1. The Kier molecular flexibility index (Phi) is 5.82. The topological polar surface area (TPSA) is 98.5 Å². The van der Waals surface area contributed by atoms with Crippen molar-refractivity contribution in [2.75, 3.05) is 13.2 Å². The fourth-order valence-electron chi connectivity index (χ4n) is 1.82. The number of ether oxygens (including phenoxy) is 1. The van der Waals surface area contributed by atoms with Crippen molar-refractivity contribution in [3.63, 3.8) is 0 Å². The fourth-order valence-corrected chi connectivity index (χ4v) is 2.64. The Morgan fingerprint density at radius 3 is 2.62 bits per heavy atom. The maximum absolute atomic E-state index is 13.5. The number of amides is 1. The molecule has 0 aliphatic carbocycles. The molecule has 1 unspecified atom stereocenters. The van der Waals surface area contributed by atoms with E-state index in [1.54, 1.807) is 6.92 Å². The predicted octanol–water partition coefficient (Wildman–Crippen LogP) is 0.936. The molecule has 6 nitrogen and oxygen atoms in total. The summed E-state index contributed by atoms with van der Waals surface area (Å²) in [6, 6.07) is 1.48. The van der Waals surface area contributed by atoms with Crippen LogP contribution in [0.2, 0.25) is 0 Å². The molecule has 1 aromatic carbocycles. The van der Waals surface area contributed by atoms with Crippen LogP contribution in [0, 0.1) is 12.7 Å². The van der Waals surface area contributed by atoms with E-state index in [4.69, 9.17) is 9.88 Å². The smallest absolute Gasteiger partial charge is 0.251 e. The van der Waals surface area contributed by atoms with E-state index in [9.17, 15) is 17.6 Å². The molecule has 3 N–H and O–H groups in total. The molecule has 0 aliphatic rings. The van der Waals surface area contributed by atoms with Crippen molar-refractivity contribution in [2.24, 2.45) is 5.14 Å². The van der Waals surface area contributed by atoms with Gasteiger partial charge in [0.1, 0.15) is 5.82 Å². The van der Waals surface area contributed by atoms with E-state index in [2.05, 4.69) is 5.32 Å². The molecule has 1 atom stereocenters. The van der Waals surface area contributed by atoms with Crippen molar-refractivity contribution >= 4 is 15.9 Å². The summed E-state index contributed by atoms with van der Waals surface area (Å²) >= 11 is 0. The largest absolute Gasteiger partial charge is 0.380 e. The number of hydrogen-bond donors (Lipinski definition) is 2.